The molecule has 2 unspecified atom stereocenters. The lowest BCUT2D eigenvalue weighted by Gasteiger charge is -2.18. The van der Waals surface area contributed by atoms with Gasteiger partial charge in [-0.3, -0.25) is 19.5 Å². The third kappa shape index (κ3) is 7.10. The molecule has 7 nitrogen and oxygen atoms in total. The molecule has 0 aliphatic rings. The molecule has 0 fully saturated rings. The maximum atomic E-state index is 13.4. The van der Waals surface area contributed by atoms with E-state index in [1.807, 2.05) is 0 Å². The molecule has 0 radical (unpaired) electrons. The molecular weight excluding hydrogens is 529 g/mol. The molecule has 0 heterocycles. The summed E-state index contributed by atoms with van der Waals surface area (Å²) in [5.41, 5.74) is -1.49. The Balaban J connectivity index is 2.38. The average molecular weight is 546 g/mol. The summed E-state index contributed by atoms with van der Waals surface area (Å²) in [5, 5.41) is 9.64. The molecule has 180 valence electrons. The van der Waals surface area contributed by atoms with E-state index in [2.05, 4.69) is 0 Å². The van der Waals surface area contributed by atoms with Gasteiger partial charge in [-0.25, -0.2) is 0 Å². The number of nitro groups is 1. The van der Waals surface area contributed by atoms with E-state index >= 15 is 0 Å². The number of hydrogen-bond donors (Lipinski definition) is 0. The van der Waals surface area contributed by atoms with Crippen molar-refractivity contribution in [2.24, 2.45) is 0 Å². The summed E-state index contributed by atoms with van der Waals surface area (Å²) in [6, 6.07) is 5.76. The highest BCUT2D eigenvalue weighted by atomic mass is 35.5. The van der Waals surface area contributed by atoms with Crippen molar-refractivity contribution in [1.29, 1.82) is 0 Å². The van der Waals surface area contributed by atoms with Crippen molar-refractivity contribution in [2.75, 3.05) is 12.1 Å². The smallest absolute Gasteiger partial charge is 0.416 e. The summed E-state index contributed by atoms with van der Waals surface area (Å²) >= 11 is 12.2. The first-order valence-corrected chi connectivity index (χ1v) is 12.8. The quantitative estimate of drug-likeness (QED) is 0.112. The zero-order valence-electron chi connectivity index (χ0n) is 17.1. The number of nitrogens with zero attached hydrogens (tertiary/aromatic N) is 1. The third-order valence-corrected chi connectivity index (χ3v) is 8.34. The zero-order chi connectivity index (χ0) is 25.0. The molecule has 0 aliphatic carbocycles. The summed E-state index contributed by atoms with van der Waals surface area (Å²) in [7, 11) is -3.82. The minimum atomic E-state index is -4.60. The van der Waals surface area contributed by atoms with Crippen molar-refractivity contribution in [3.8, 4) is 11.5 Å². The molecule has 2 atom stereocenters. The molecular formula is C19H17Cl2F3NO6PS. The van der Waals surface area contributed by atoms with Gasteiger partial charge in [0.1, 0.15) is 22.7 Å². The second-order valence-electron chi connectivity index (χ2n) is 6.47. The molecule has 0 bridgehead atoms. The zero-order valence-corrected chi connectivity index (χ0v) is 20.3. The lowest BCUT2D eigenvalue weighted by Crippen LogP contribution is -2.15. The van der Waals surface area contributed by atoms with Crippen LogP contribution in [0.15, 0.2) is 36.4 Å². The molecule has 0 amide bonds. The van der Waals surface area contributed by atoms with Crippen LogP contribution >= 0.6 is 42.3 Å². The fraction of sp³-hybridized carbons (Fsp3) is 0.316. The molecule has 0 saturated carbocycles. The Kier molecular flexibility index (Phi) is 9.24. The first-order valence-electron chi connectivity index (χ1n) is 9.16. The Bertz CT molecular complexity index is 1100. The number of alkyl halides is 4. The summed E-state index contributed by atoms with van der Waals surface area (Å²) < 4.78 is 62.8. The number of halogens is 5. The van der Waals surface area contributed by atoms with Gasteiger partial charge in [-0.1, -0.05) is 30.3 Å². The predicted octanol–water partition coefficient (Wildman–Crippen LogP) is 6.84. The molecule has 2 aromatic rings. The number of rotatable bonds is 9. The van der Waals surface area contributed by atoms with E-state index in [0.717, 1.165) is 24.3 Å². The van der Waals surface area contributed by atoms with Crippen LogP contribution in [0.3, 0.4) is 0 Å². The lowest BCUT2D eigenvalue weighted by molar-refractivity contribution is -0.383. The van der Waals surface area contributed by atoms with Crippen molar-refractivity contribution in [3.05, 3.63) is 57.1 Å². The number of nitro benzene ring substituents is 1. The molecule has 0 aliphatic heterocycles. The molecule has 0 spiro atoms. The Hall–Kier alpha value is -1.78. The SMILES string of the molecule is CCP(=O)(OCSC(=O)C(C)Cl)c1cc(Oc2ccc(C(F)(F)F)cc2Cl)ccc1[N+](=O)[O-]. The Morgan fingerprint density at radius 2 is 1.94 bits per heavy atom. The number of hydrogen-bond acceptors (Lipinski definition) is 7. The highest BCUT2D eigenvalue weighted by molar-refractivity contribution is 8.13. The number of carbonyl (C=O) groups excluding carboxylic acids is 1. The van der Waals surface area contributed by atoms with E-state index in [4.69, 9.17) is 32.5 Å². The summed E-state index contributed by atoms with van der Waals surface area (Å²) in [6.07, 6.45) is -4.74. The number of carbonyl (C=O) groups is 1. The lowest BCUT2D eigenvalue weighted by atomic mass is 10.2. The van der Waals surface area contributed by atoms with Gasteiger partial charge in [-0.15, -0.1) is 11.6 Å². The van der Waals surface area contributed by atoms with Crippen LogP contribution in [0, 0.1) is 10.1 Å². The first-order chi connectivity index (χ1) is 15.3. The van der Waals surface area contributed by atoms with Gasteiger partial charge in [0.05, 0.1) is 20.9 Å². The largest absolute Gasteiger partial charge is 0.456 e. The van der Waals surface area contributed by atoms with Crippen LogP contribution in [0.4, 0.5) is 18.9 Å². The van der Waals surface area contributed by atoms with E-state index in [-0.39, 0.29) is 33.9 Å². The second-order valence-corrected chi connectivity index (χ2v) is 11.2. The summed E-state index contributed by atoms with van der Waals surface area (Å²) in [6.45, 7) is 2.94. The van der Waals surface area contributed by atoms with E-state index < -0.39 is 40.2 Å². The van der Waals surface area contributed by atoms with Crippen molar-refractivity contribution in [2.45, 2.75) is 25.4 Å². The molecule has 0 aromatic heterocycles. The average Bonchev–Trinajstić information content (AvgIpc) is 2.73. The molecule has 33 heavy (non-hydrogen) atoms. The van der Waals surface area contributed by atoms with Crippen LogP contribution in [-0.4, -0.2) is 27.5 Å². The van der Waals surface area contributed by atoms with Gasteiger partial charge in [0.2, 0.25) is 12.5 Å². The standard InChI is InChI=1S/C19H17Cl2F3NO6PS/c1-3-32(29,30-10-33-18(26)11(2)20)17-9-13(5-6-15(17)25(27)28)31-16-7-4-12(8-14(16)21)19(22,23)24/h4-9,11H,3,10H2,1-2H3. The fourth-order valence-corrected chi connectivity index (χ4v) is 5.63. The minimum absolute atomic E-state index is 0.0624. The van der Waals surface area contributed by atoms with E-state index in [9.17, 15) is 32.6 Å². The van der Waals surface area contributed by atoms with Gasteiger partial charge in [-0.05, 0) is 31.2 Å². The van der Waals surface area contributed by atoms with Crippen LogP contribution in [0.1, 0.15) is 19.4 Å². The van der Waals surface area contributed by atoms with E-state index in [1.54, 1.807) is 0 Å². The van der Waals surface area contributed by atoms with Crippen molar-refractivity contribution in [3.63, 3.8) is 0 Å². The van der Waals surface area contributed by atoms with Gasteiger partial charge in [0.25, 0.3) is 5.69 Å². The Morgan fingerprint density at radius 3 is 2.45 bits per heavy atom. The number of ether oxygens (including phenoxy) is 1. The first kappa shape index (κ1) is 27.5. The van der Waals surface area contributed by atoms with Crippen LogP contribution < -0.4 is 10.0 Å². The third-order valence-electron chi connectivity index (χ3n) is 4.20. The van der Waals surface area contributed by atoms with E-state index in [0.29, 0.717) is 17.8 Å². The molecule has 0 saturated heterocycles. The van der Waals surface area contributed by atoms with Crippen molar-refractivity contribution in [1.82, 2.24) is 0 Å². The van der Waals surface area contributed by atoms with Crippen molar-refractivity contribution >= 4 is 58.4 Å². The maximum Gasteiger partial charge on any atom is 0.416 e. The van der Waals surface area contributed by atoms with Gasteiger partial charge >= 0.3 is 6.18 Å². The predicted molar refractivity (Wildman–Crippen MR) is 121 cm³/mol. The second kappa shape index (κ2) is 11.1. The fourth-order valence-electron chi connectivity index (χ4n) is 2.50. The monoisotopic (exact) mass is 545 g/mol. The minimum Gasteiger partial charge on any atom is -0.456 e. The van der Waals surface area contributed by atoms with Crippen LogP contribution in [0.25, 0.3) is 0 Å². The van der Waals surface area contributed by atoms with Gasteiger partial charge in [0.15, 0.2) is 0 Å². The number of benzene rings is 2. The molecule has 14 heteroatoms. The maximum absolute atomic E-state index is 13.4. The van der Waals surface area contributed by atoms with E-state index in [1.165, 1.54) is 19.9 Å². The van der Waals surface area contributed by atoms with Gasteiger partial charge in [0, 0.05) is 18.3 Å². The highest BCUT2D eigenvalue weighted by Crippen LogP contribution is 2.49. The summed E-state index contributed by atoms with van der Waals surface area (Å²) in [4.78, 5) is 22.4. The van der Waals surface area contributed by atoms with Crippen molar-refractivity contribution < 1.29 is 36.7 Å². The molecule has 0 N–H and O–H groups in total. The van der Waals surface area contributed by atoms with Gasteiger partial charge < -0.3 is 9.26 Å². The van der Waals surface area contributed by atoms with Crippen LogP contribution in [0.2, 0.25) is 5.02 Å². The molecule has 2 aromatic carbocycles. The molecule has 2 rings (SSSR count). The topological polar surface area (TPSA) is 95.7 Å². The summed E-state index contributed by atoms with van der Waals surface area (Å²) in [5.74, 6) is -0.560. The number of thioether (sulfide) groups is 1. The van der Waals surface area contributed by atoms with Crippen LogP contribution in [0.5, 0.6) is 11.5 Å². The normalized spacial score (nSPS) is 14.4. The Labute approximate surface area is 201 Å². The highest BCUT2D eigenvalue weighted by Gasteiger charge is 2.34. The van der Waals surface area contributed by atoms with Crippen LogP contribution in [-0.2, 0) is 20.1 Å². The Morgan fingerprint density at radius 1 is 1.27 bits per heavy atom. The van der Waals surface area contributed by atoms with Gasteiger partial charge in [-0.2, -0.15) is 13.2 Å².